The van der Waals surface area contributed by atoms with E-state index < -0.39 is 0 Å². The summed E-state index contributed by atoms with van der Waals surface area (Å²) >= 11 is 1.70. The summed E-state index contributed by atoms with van der Waals surface area (Å²) < 4.78 is 11.7. The van der Waals surface area contributed by atoms with Crippen LogP contribution in [-0.4, -0.2) is 28.4 Å². The van der Waals surface area contributed by atoms with Crippen molar-refractivity contribution < 1.29 is 9.15 Å². The highest BCUT2D eigenvalue weighted by molar-refractivity contribution is 7.99. The molecule has 108 valence electrons. The molecule has 0 bridgehead atoms. The Balaban J connectivity index is 1.65. The van der Waals surface area contributed by atoms with Crippen molar-refractivity contribution in [2.45, 2.75) is 30.4 Å². The van der Waals surface area contributed by atoms with Crippen LogP contribution in [0.15, 0.2) is 40.0 Å². The predicted octanol–water partition coefficient (Wildman–Crippen LogP) is 4.04. The third kappa shape index (κ3) is 2.51. The Kier molecular flexibility index (Phi) is 3.53. The van der Waals surface area contributed by atoms with E-state index in [1.54, 1.807) is 18.1 Å². The van der Waals surface area contributed by atoms with E-state index in [1.165, 1.54) is 12.8 Å². The molecule has 1 atom stereocenters. The first kappa shape index (κ1) is 13.1. The van der Waals surface area contributed by atoms with Gasteiger partial charge in [0.1, 0.15) is 22.5 Å². The van der Waals surface area contributed by atoms with Crippen LogP contribution in [0.4, 0.5) is 0 Å². The molecule has 21 heavy (non-hydrogen) atoms. The molecule has 0 N–H and O–H groups in total. The van der Waals surface area contributed by atoms with Gasteiger partial charge < -0.3 is 9.15 Å². The number of thioether (sulfide) groups is 1. The number of para-hydroxylation sites is 1. The second kappa shape index (κ2) is 5.66. The number of benzene rings is 1. The van der Waals surface area contributed by atoms with Crippen molar-refractivity contribution in [3.63, 3.8) is 0 Å². The van der Waals surface area contributed by atoms with E-state index in [2.05, 4.69) is 9.97 Å². The van der Waals surface area contributed by atoms with Crippen LogP contribution in [0.25, 0.3) is 22.1 Å². The van der Waals surface area contributed by atoms with E-state index in [-0.39, 0.29) is 0 Å². The second-order valence-electron chi connectivity index (χ2n) is 5.25. The summed E-state index contributed by atoms with van der Waals surface area (Å²) in [5, 5.41) is 1.95. The van der Waals surface area contributed by atoms with Crippen LogP contribution in [0.1, 0.15) is 19.3 Å². The van der Waals surface area contributed by atoms with Gasteiger partial charge in [-0.2, -0.15) is 0 Å². The van der Waals surface area contributed by atoms with Gasteiger partial charge in [-0.1, -0.05) is 23.9 Å². The summed E-state index contributed by atoms with van der Waals surface area (Å²) in [7, 11) is 0. The Morgan fingerprint density at radius 1 is 1.19 bits per heavy atom. The first-order valence-electron chi connectivity index (χ1n) is 7.28. The summed E-state index contributed by atoms with van der Waals surface area (Å²) in [5.41, 5.74) is 2.55. The number of rotatable bonds is 3. The number of aromatic nitrogens is 2. The van der Waals surface area contributed by atoms with Gasteiger partial charge in [0.15, 0.2) is 5.58 Å². The summed E-state index contributed by atoms with van der Waals surface area (Å²) in [4.78, 5) is 8.76. The molecule has 0 saturated carbocycles. The van der Waals surface area contributed by atoms with Crippen LogP contribution in [0, 0.1) is 0 Å². The highest BCUT2D eigenvalue weighted by atomic mass is 32.2. The molecule has 2 aromatic heterocycles. The fraction of sp³-hybridized carbons (Fsp3) is 0.375. The Labute approximate surface area is 126 Å². The summed E-state index contributed by atoms with van der Waals surface area (Å²) in [6.45, 7) is 0.884. The maximum Gasteiger partial charge on any atom is 0.186 e. The van der Waals surface area contributed by atoms with Gasteiger partial charge in [-0.25, -0.2) is 9.97 Å². The average molecular weight is 300 g/mol. The van der Waals surface area contributed by atoms with E-state index in [4.69, 9.17) is 9.15 Å². The fourth-order valence-corrected chi connectivity index (χ4v) is 3.71. The molecule has 0 aliphatic carbocycles. The molecule has 4 rings (SSSR count). The second-order valence-corrected chi connectivity index (χ2v) is 6.26. The summed E-state index contributed by atoms with van der Waals surface area (Å²) in [6.07, 6.45) is 5.53. The number of furan rings is 1. The fourth-order valence-electron chi connectivity index (χ4n) is 2.72. The molecule has 0 spiro atoms. The van der Waals surface area contributed by atoms with Gasteiger partial charge in [-0.15, -0.1) is 0 Å². The van der Waals surface area contributed by atoms with E-state index >= 15 is 0 Å². The van der Waals surface area contributed by atoms with Crippen LogP contribution >= 0.6 is 11.8 Å². The van der Waals surface area contributed by atoms with Gasteiger partial charge in [-0.05, 0) is 31.4 Å². The molecule has 1 aliphatic rings. The van der Waals surface area contributed by atoms with Gasteiger partial charge in [-0.3, -0.25) is 0 Å². The standard InChI is InChI=1S/C16H16N2O2S/c1-2-7-13-12(6-1)14-15(20-13)16(18-10-17-14)21-9-11-5-3-4-8-19-11/h1-2,6-7,10-11H,3-5,8-9H2. The molecule has 1 aliphatic heterocycles. The van der Waals surface area contributed by atoms with Gasteiger partial charge in [0.25, 0.3) is 0 Å². The van der Waals surface area contributed by atoms with Gasteiger partial charge in [0, 0.05) is 17.7 Å². The van der Waals surface area contributed by atoms with Crippen molar-refractivity contribution >= 4 is 33.8 Å². The van der Waals surface area contributed by atoms with Crippen molar-refractivity contribution in [2.75, 3.05) is 12.4 Å². The highest BCUT2D eigenvalue weighted by Gasteiger charge is 2.17. The molecular formula is C16H16N2O2S. The largest absolute Gasteiger partial charge is 0.451 e. The monoisotopic (exact) mass is 300 g/mol. The number of hydrogen-bond acceptors (Lipinski definition) is 5. The molecular weight excluding hydrogens is 284 g/mol. The normalized spacial score (nSPS) is 19.3. The zero-order valence-electron chi connectivity index (χ0n) is 11.6. The molecule has 3 heterocycles. The molecule has 1 unspecified atom stereocenters. The van der Waals surface area contributed by atoms with Crippen LogP contribution < -0.4 is 0 Å². The zero-order chi connectivity index (χ0) is 14.1. The molecule has 1 aromatic carbocycles. The lowest BCUT2D eigenvalue weighted by atomic mass is 10.1. The molecule has 1 saturated heterocycles. The van der Waals surface area contributed by atoms with Crippen LogP contribution in [-0.2, 0) is 4.74 Å². The zero-order valence-corrected chi connectivity index (χ0v) is 12.4. The minimum absolute atomic E-state index is 0.332. The molecule has 1 fully saturated rings. The molecule has 5 heteroatoms. The number of ether oxygens (including phenoxy) is 1. The number of hydrogen-bond donors (Lipinski definition) is 0. The third-order valence-corrected chi connectivity index (χ3v) is 4.91. The average Bonchev–Trinajstić information content (AvgIpc) is 2.93. The quantitative estimate of drug-likeness (QED) is 0.540. The Hall–Kier alpha value is -1.59. The lowest BCUT2D eigenvalue weighted by molar-refractivity contribution is 0.0315. The van der Waals surface area contributed by atoms with Crippen molar-refractivity contribution in [3.8, 4) is 0 Å². The van der Waals surface area contributed by atoms with Crippen molar-refractivity contribution in [2.24, 2.45) is 0 Å². The third-order valence-electron chi connectivity index (χ3n) is 3.81. The Bertz CT molecular complexity index is 765. The molecule has 0 amide bonds. The summed E-state index contributed by atoms with van der Waals surface area (Å²) in [5.74, 6) is 0.920. The highest BCUT2D eigenvalue weighted by Crippen LogP contribution is 2.33. The van der Waals surface area contributed by atoms with Gasteiger partial charge in [0.2, 0.25) is 0 Å². The predicted molar refractivity (Wildman–Crippen MR) is 83.6 cm³/mol. The Morgan fingerprint density at radius 3 is 3.05 bits per heavy atom. The van der Waals surface area contributed by atoms with E-state index in [0.29, 0.717) is 6.10 Å². The Morgan fingerprint density at radius 2 is 2.14 bits per heavy atom. The van der Waals surface area contributed by atoms with Crippen molar-refractivity contribution in [3.05, 3.63) is 30.6 Å². The molecule has 0 radical (unpaired) electrons. The van der Waals surface area contributed by atoms with E-state index in [0.717, 1.165) is 45.9 Å². The minimum atomic E-state index is 0.332. The first-order valence-corrected chi connectivity index (χ1v) is 8.27. The first-order chi connectivity index (χ1) is 10.4. The van der Waals surface area contributed by atoms with Gasteiger partial charge in [0.05, 0.1) is 6.10 Å². The van der Waals surface area contributed by atoms with E-state index in [9.17, 15) is 0 Å². The SMILES string of the molecule is c1ccc2c(c1)oc1c(SCC3CCCCO3)ncnc12. The van der Waals surface area contributed by atoms with Gasteiger partial charge >= 0.3 is 0 Å². The number of nitrogens with zero attached hydrogens (tertiary/aromatic N) is 2. The number of fused-ring (bicyclic) bond motifs is 3. The molecule has 3 aromatic rings. The lowest BCUT2D eigenvalue weighted by Gasteiger charge is -2.21. The van der Waals surface area contributed by atoms with Crippen LogP contribution in [0.3, 0.4) is 0 Å². The maximum absolute atomic E-state index is 5.94. The lowest BCUT2D eigenvalue weighted by Crippen LogP contribution is -2.21. The van der Waals surface area contributed by atoms with Crippen molar-refractivity contribution in [1.29, 1.82) is 0 Å². The summed E-state index contributed by atoms with van der Waals surface area (Å²) in [6, 6.07) is 7.98. The van der Waals surface area contributed by atoms with Crippen LogP contribution in [0.2, 0.25) is 0 Å². The van der Waals surface area contributed by atoms with Crippen molar-refractivity contribution in [1.82, 2.24) is 9.97 Å². The maximum atomic E-state index is 5.94. The van der Waals surface area contributed by atoms with E-state index in [1.807, 2.05) is 24.3 Å². The smallest absolute Gasteiger partial charge is 0.186 e. The van der Waals surface area contributed by atoms with Crippen LogP contribution in [0.5, 0.6) is 0 Å². The molecule has 4 nitrogen and oxygen atoms in total. The topological polar surface area (TPSA) is 48.2 Å². The minimum Gasteiger partial charge on any atom is -0.451 e.